The zero-order chi connectivity index (χ0) is 13.5. The number of nitrogens with one attached hydrogen (secondary N) is 1. The van der Waals surface area contributed by atoms with Crippen molar-refractivity contribution in [2.24, 2.45) is 0 Å². The number of aromatic carboxylic acids is 1. The van der Waals surface area contributed by atoms with E-state index < -0.39 is 17.7 Å². The lowest BCUT2D eigenvalue weighted by molar-refractivity contribution is -0.255. The number of rotatable bonds is 1. The number of carboxylic acids is 1. The first-order valence-corrected chi connectivity index (χ1v) is 5.53. The van der Waals surface area contributed by atoms with E-state index in [1.54, 1.807) is 20.8 Å². The number of carbonyl (C=O) groups is 2. The quantitative estimate of drug-likeness (QED) is 0.760. The molecule has 98 valence electrons. The van der Waals surface area contributed by atoms with Crippen LogP contribution in [0.3, 0.4) is 0 Å². The predicted octanol–water partition coefficient (Wildman–Crippen LogP) is 0.0239. The molecule has 1 aliphatic rings. The highest BCUT2D eigenvalue weighted by Crippen LogP contribution is 2.25. The number of fused-ring (bicyclic) bond motifs is 1. The van der Waals surface area contributed by atoms with Crippen molar-refractivity contribution in [3.8, 4) is 0 Å². The average molecular weight is 252 g/mol. The number of carboxylic acid groups (broad SMARTS) is 1. The Morgan fingerprint density at radius 3 is 2.61 bits per heavy atom. The third kappa shape index (κ3) is 2.29. The normalized spacial score (nSPS) is 14.5. The first-order valence-electron chi connectivity index (χ1n) is 5.53. The predicted molar refractivity (Wildman–Crippen MR) is 58.4 cm³/mol. The number of aromatic amines is 1. The van der Waals surface area contributed by atoms with E-state index in [1.807, 2.05) is 0 Å². The van der Waals surface area contributed by atoms with E-state index in [0.29, 0.717) is 11.3 Å². The summed E-state index contributed by atoms with van der Waals surface area (Å²) in [5, 5.41) is 17.0. The molecule has 1 aromatic rings. The van der Waals surface area contributed by atoms with Crippen LogP contribution in [0.5, 0.6) is 0 Å². The maximum atomic E-state index is 11.8. The van der Waals surface area contributed by atoms with Crippen molar-refractivity contribution in [3.63, 3.8) is 0 Å². The maximum absolute atomic E-state index is 11.8. The number of hydrogen-bond acceptors (Lipinski definition) is 5. The standard InChI is InChI=1S/C11H15N3O4/c1-11(2,3)18-10(17)14-4-6-7(5-14)12-13-8(6)9(15)16/h4-5H2,1-3H3,(H,12,13)(H,15,16)/p-1. The van der Waals surface area contributed by atoms with Gasteiger partial charge in [-0.05, 0) is 20.8 Å². The van der Waals surface area contributed by atoms with Crippen LogP contribution in [0, 0.1) is 0 Å². The second-order valence-corrected chi connectivity index (χ2v) is 5.15. The van der Waals surface area contributed by atoms with E-state index in [2.05, 4.69) is 10.2 Å². The molecule has 0 aromatic carbocycles. The lowest BCUT2D eigenvalue weighted by Gasteiger charge is -2.24. The summed E-state index contributed by atoms with van der Waals surface area (Å²) in [6, 6.07) is 0. The number of carbonyl (C=O) groups excluding carboxylic acids is 2. The molecule has 7 nitrogen and oxygen atoms in total. The minimum atomic E-state index is -1.35. The molecule has 0 saturated carbocycles. The van der Waals surface area contributed by atoms with Crippen LogP contribution in [0.15, 0.2) is 0 Å². The summed E-state index contributed by atoms with van der Waals surface area (Å²) in [6.45, 7) is 5.76. The van der Waals surface area contributed by atoms with Crippen molar-refractivity contribution in [2.75, 3.05) is 0 Å². The summed E-state index contributed by atoms with van der Waals surface area (Å²) in [7, 11) is 0. The van der Waals surface area contributed by atoms with Crippen molar-refractivity contribution in [2.45, 2.75) is 39.5 Å². The fourth-order valence-corrected chi connectivity index (χ4v) is 1.76. The van der Waals surface area contributed by atoms with Gasteiger partial charge in [0, 0.05) is 5.56 Å². The molecule has 2 rings (SSSR count). The largest absolute Gasteiger partial charge is 0.543 e. The van der Waals surface area contributed by atoms with Crippen molar-refractivity contribution in [3.05, 3.63) is 17.0 Å². The molecule has 0 unspecified atom stereocenters. The lowest BCUT2D eigenvalue weighted by Crippen LogP contribution is -2.34. The van der Waals surface area contributed by atoms with E-state index in [0.717, 1.165) is 0 Å². The number of H-pyrrole nitrogens is 1. The van der Waals surface area contributed by atoms with Crippen LogP contribution < -0.4 is 5.11 Å². The maximum Gasteiger partial charge on any atom is 0.410 e. The average Bonchev–Trinajstić information content (AvgIpc) is 2.70. The zero-order valence-corrected chi connectivity index (χ0v) is 10.4. The first kappa shape index (κ1) is 12.4. The van der Waals surface area contributed by atoms with Crippen LogP contribution >= 0.6 is 0 Å². The summed E-state index contributed by atoms with van der Waals surface area (Å²) in [5.74, 6) is -1.35. The number of ether oxygens (including phenoxy) is 1. The van der Waals surface area contributed by atoms with Gasteiger partial charge in [-0.3, -0.25) is 10.00 Å². The van der Waals surface area contributed by atoms with Crippen molar-refractivity contribution >= 4 is 12.1 Å². The molecule has 0 atom stereocenters. The Hall–Kier alpha value is -2.05. The van der Waals surface area contributed by atoms with Gasteiger partial charge < -0.3 is 14.6 Å². The molecule has 0 aliphatic carbocycles. The Balaban J connectivity index is 2.11. The second kappa shape index (κ2) is 4.01. The third-order valence-electron chi connectivity index (χ3n) is 2.50. The fraction of sp³-hybridized carbons (Fsp3) is 0.545. The van der Waals surface area contributed by atoms with Gasteiger partial charge in [0.2, 0.25) is 0 Å². The molecule has 0 spiro atoms. The molecule has 7 heteroatoms. The van der Waals surface area contributed by atoms with Crippen LogP contribution in [-0.2, 0) is 17.8 Å². The highest BCUT2D eigenvalue weighted by Gasteiger charge is 2.31. The summed E-state index contributed by atoms with van der Waals surface area (Å²) in [5.41, 5.74) is 0.375. The van der Waals surface area contributed by atoms with E-state index >= 15 is 0 Å². The Bertz CT molecular complexity index is 501. The number of nitrogens with zero attached hydrogens (tertiary/aromatic N) is 2. The SMILES string of the molecule is CC(C)(C)OC(=O)N1Cc2[nH]nc(C(=O)[O-])c2C1. The van der Waals surface area contributed by atoms with Gasteiger partial charge in [-0.25, -0.2) is 4.79 Å². The molecule has 1 aromatic heterocycles. The monoisotopic (exact) mass is 252 g/mol. The van der Waals surface area contributed by atoms with Gasteiger partial charge >= 0.3 is 6.09 Å². The first-order chi connectivity index (χ1) is 8.28. The van der Waals surface area contributed by atoms with Crippen molar-refractivity contribution in [1.82, 2.24) is 15.1 Å². The van der Waals surface area contributed by atoms with Gasteiger partial charge in [0.15, 0.2) is 0 Å². The molecular weight excluding hydrogens is 238 g/mol. The molecule has 0 saturated heterocycles. The molecule has 1 aliphatic heterocycles. The Morgan fingerprint density at radius 2 is 2.06 bits per heavy atom. The van der Waals surface area contributed by atoms with Crippen LogP contribution in [0.1, 0.15) is 42.5 Å². The summed E-state index contributed by atoms with van der Waals surface area (Å²) in [4.78, 5) is 24.0. The van der Waals surface area contributed by atoms with Gasteiger partial charge in [0.25, 0.3) is 0 Å². The third-order valence-corrected chi connectivity index (χ3v) is 2.50. The van der Waals surface area contributed by atoms with Crippen molar-refractivity contribution in [1.29, 1.82) is 0 Å². The van der Waals surface area contributed by atoms with Crippen LogP contribution in [0.2, 0.25) is 0 Å². The number of aromatic nitrogens is 2. The molecular formula is C11H14N3O4-. The molecule has 0 radical (unpaired) electrons. The smallest absolute Gasteiger partial charge is 0.410 e. The van der Waals surface area contributed by atoms with E-state index in [4.69, 9.17) is 4.74 Å². The molecule has 1 N–H and O–H groups in total. The second-order valence-electron chi connectivity index (χ2n) is 5.15. The van der Waals surface area contributed by atoms with E-state index in [-0.39, 0.29) is 18.8 Å². The molecule has 1 amide bonds. The van der Waals surface area contributed by atoms with Crippen LogP contribution in [0.25, 0.3) is 0 Å². The molecule has 0 bridgehead atoms. The van der Waals surface area contributed by atoms with Crippen LogP contribution in [0.4, 0.5) is 4.79 Å². The van der Waals surface area contributed by atoms with E-state index in [1.165, 1.54) is 4.90 Å². The number of amides is 1. The highest BCUT2D eigenvalue weighted by molar-refractivity contribution is 5.86. The van der Waals surface area contributed by atoms with Gasteiger partial charge in [0.1, 0.15) is 11.3 Å². The van der Waals surface area contributed by atoms with Gasteiger partial charge in [-0.1, -0.05) is 0 Å². The Morgan fingerprint density at radius 1 is 1.39 bits per heavy atom. The van der Waals surface area contributed by atoms with Gasteiger partial charge in [-0.2, -0.15) is 5.10 Å². The van der Waals surface area contributed by atoms with Crippen molar-refractivity contribution < 1.29 is 19.4 Å². The summed E-state index contributed by atoms with van der Waals surface area (Å²) < 4.78 is 5.21. The summed E-state index contributed by atoms with van der Waals surface area (Å²) in [6.07, 6.45) is -0.476. The summed E-state index contributed by atoms with van der Waals surface area (Å²) >= 11 is 0. The van der Waals surface area contributed by atoms with E-state index in [9.17, 15) is 14.7 Å². The lowest BCUT2D eigenvalue weighted by atomic mass is 10.2. The molecule has 18 heavy (non-hydrogen) atoms. The molecule has 0 fully saturated rings. The fourth-order valence-electron chi connectivity index (χ4n) is 1.76. The minimum absolute atomic E-state index is 0.143. The van der Waals surface area contributed by atoms with Gasteiger partial charge in [-0.15, -0.1) is 0 Å². The highest BCUT2D eigenvalue weighted by atomic mass is 16.6. The zero-order valence-electron chi connectivity index (χ0n) is 10.4. The molecule has 2 heterocycles. The minimum Gasteiger partial charge on any atom is -0.543 e. The topological polar surface area (TPSA) is 98.3 Å². The van der Waals surface area contributed by atoms with Crippen LogP contribution in [-0.4, -0.2) is 32.8 Å². The van der Waals surface area contributed by atoms with Gasteiger partial charge in [0.05, 0.1) is 24.8 Å². The number of hydrogen-bond donors (Lipinski definition) is 1. The Kier molecular flexibility index (Phi) is 2.76. The Labute approximate surface area is 104 Å².